The molecule has 0 aliphatic carbocycles. The fourth-order valence-electron chi connectivity index (χ4n) is 1.96. The number of carbonyl (C=O) groups is 2. The third kappa shape index (κ3) is 3.04. The molecule has 6 nitrogen and oxygen atoms in total. The molecule has 2 N–H and O–H groups in total. The molecule has 96 valence electrons. The molecule has 0 radical (unpaired) electrons. The van der Waals surface area contributed by atoms with Crippen LogP contribution in [0.2, 0.25) is 0 Å². The second-order valence-corrected chi connectivity index (χ2v) is 5.28. The topological polar surface area (TPSA) is 78.9 Å². The smallest absolute Gasteiger partial charge is 0.327 e. The van der Waals surface area contributed by atoms with Crippen molar-refractivity contribution in [1.82, 2.24) is 10.2 Å². The molecule has 17 heavy (non-hydrogen) atoms. The van der Waals surface area contributed by atoms with Gasteiger partial charge in [-0.05, 0) is 6.42 Å². The van der Waals surface area contributed by atoms with Crippen LogP contribution in [0.15, 0.2) is 0 Å². The van der Waals surface area contributed by atoms with Crippen molar-refractivity contribution < 1.29 is 19.4 Å². The fraction of sp³-hybridized carbons (Fsp3) is 0.800. The molecule has 2 saturated heterocycles. The fourth-order valence-corrected chi connectivity index (χ4v) is 3.00. The number of rotatable bonds is 2. The lowest BCUT2D eigenvalue weighted by Crippen LogP contribution is -2.55. The Morgan fingerprint density at radius 3 is 2.94 bits per heavy atom. The molecule has 2 aliphatic rings. The number of carboxylic acid groups (broad SMARTS) is 1. The Kier molecular flexibility index (Phi) is 4.11. The third-order valence-electron chi connectivity index (χ3n) is 2.93. The molecular weight excluding hydrogens is 244 g/mol. The molecule has 2 aliphatic heterocycles. The van der Waals surface area contributed by atoms with Crippen molar-refractivity contribution in [2.24, 2.45) is 0 Å². The number of amides is 2. The number of ether oxygens (including phenoxy) is 1. The molecule has 2 fully saturated rings. The summed E-state index contributed by atoms with van der Waals surface area (Å²) in [6.45, 7) is 1.66. The van der Waals surface area contributed by atoms with E-state index in [2.05, 4.69) is 5.32 Å². The Hall–Kier alpha value is -0.950. The number of carbonyl (C=O) groups excluding carboxylic acids is 1. The predicted molar refractivity (Wildman–Crippen MR) is 63.2 cm³/mol. The Balaban J connectivity index is 1.93. The predicted octanol–water partition coefficient (Wildman–Crippen LogP) is -0.0131. The number of hydrogen-bond acceptors (Lipinski definition) is 4. The van der Waals surface area contributed by atoms with Gasteiger partial charge in [0, 0.05) is 24.7 Å². The Bertz CT molecular complexity index is 307. The van der Waals surface area contributed by atoms with Crippen LogP contribution in [0, 0.1) is 0 Å². The van der Waals surface area contributed by atoms with Gasteiger partial charge in [0.05, 0.1) is 12.6 Å². The maximum Gasteiger partial charge on any atom is 0.327 e. The van der Waals surface area contributed by atoms with Gasteiger partial charge in [0.25, 0.3) is 0 Å². The first-order valence-corrected chi connectivity index (χ1v) is 6.79. The molecule has 2 atom stereocenters. The van der Waals surface area contributed by atoms with Gasteiger partial charge in [-0.1, -0.05) is 0 Å². The average molecular weight is 260 g/mol. The number of hydrogen-bond donors (Lipinski definition) is 2. The van der Waals surface area contributed by atoms with E-state index in [1.807, 2.05) is 0 Å². The summed E-state index contributed by atoms with van der Waals surface area (Å²) in [6.07, 6.45) is 0.798. The van der Waals surface area contributed by atoms with E-state index < -0.39 is 12.0 Å². The van der Waals surface area contributed by atoms with Gasteiger partial charge in [-0.25, -0.2) is 9.59 Å². The summed E-state index contributed by atoms with van der Waals surface area (Å²) in [5, 5.41) is 11.9. The summed E-state index contributed by atoms with van der Waals surface area (Å²) in [4.78, 5) is 24.4. The second kappa shape index (κ2) is 5.59. The van der Waals surface area contributed by atoms with Gasteiger partial charge >= 0.3 is 12.0 Å². The summed E-state index contributed by atoms with van der Waals surface area (Å²) in [6, 6.07) is -0.976. The highest BCUT2D eigenvalue weighted by Crippen LogP contribution is 2.17. The van der Waals surface area contributed by atoms with Crippen LogP contribution in [-0.4, -0.2) is 65.4 Å². The summed E-state index contributed by atoms with van der Waals surface area (Å²) in [5.74, 6) is 0.317. The molecule has 0 spiro atoms. The Labute approximate surface area is 104 Å². The van der Waals surface area contributed by atoms with Gasteiger partial charge in [0.15, 0.2) is 0 Å². The minimum absolute atomic E-state index is 0.0199. The van der Waals surface area contributed by atoms with Gasteiger partial charge in [-0.2, -0.15) is 11.8 Å². The molecule has 0 saturated carbocycles. The van der Waals surface area contributed by atoms with Gasteiger partial charge in [0.2, 0.25) is 0 Å². The summed E-state index contributed by atoms with van der Waals surface area (Å²) in [5.41, 5.74) is 0. The van der Waals surface area contributed by atoms with E-state index in [1.54, 1.807) is 11.8 Å². The maximum atomic E-state index is 12.0. The van der Waals surface area contributed by atoms with E-state index >= 15 is 0 Å². The van der Waals surface area contributed by atoms with Crippen molar-refractivity contribution >= 4 is 23.8 Å². The van der Waals surface area contributed by atoms with Crippen LogP contribution < -0.4 is 5.32 Å². The van der Waals surface area contributed by atoms with Crippen molar-refractivity contribution in [3.63, 3.8) is 0 Å². The van der Waals surface area contributed by atoms with Gasteiger partial charge in [-0.3, -0.25) is 0 Å². The van der Waals surface area contributed by atoms with Crippen molar-refractivity contribution in [1.29, 1.82) is 0 Å². The van der Waals surface area contributed by atoms with Crippen LogP contribution in [-0.2, 0) is 9.53 Å². The number of urea groups is 1. The van der Waals surface area contributed by atoms with Crippen molar-refractivity contribution in [3.05, 3.63) is 0 Å². The van der Waals surface area contributed by atoms with Crippen LogP contribution >= 0.6 is 11.8 Å². The summed E-state index contributed by atoms with van der Waals surface area (Å²) < 4.78 is 5.17. The number of nitrogens with zero attached hydrogens (tertiary/aromatic N) is 1. The summed E-state index contributed by atoms with van der Waals surface area (Å²) >= 11 is 1.57. The zero-order chi connectivity index (χ0) is 12.3. The zero-order valence-electron chi connectivity index (χ0n) is 9.42. The quantitative estimate of drug-likeness (QED) is 0.730. The van der Waals surface area contributed by atoms with Crippen molar-refractivity contribution in [2.45, 2.75) is 18.5 Å². The third-order valence-corrected chi connectivity index (χ3v) is 3.95. The highest BCUT2D eigenvalue weighted by Gasteiger charge is 2.33. The first kappa shape index (κ1) is 12.5. The van der Waals surface area contributed by atoms with E-state index in [4.69, 9.17) is 9.84 Å². The van der Waals surface area contributed by atoms with Crippen LogP contribution in [0.4, 0.5) is 4.79 Å². The van der Waals surface area contributed by atoms with Gasteiger partial charge < -0.3 is 20.1 Å². The first-order chi connectivity index (χ1) is 8.18. The lowest BCUT2D eigenvalue weighted by atomic mass is 10.2. The highest BCUT2D eigenvalue weighted by atomic mass is 32.2. The minimum atomic E-state index is -0.935. The van der Waals surface area contributed by atoms with Crippen LogP contribution in [0.25, 0.3) is 0 Å². The molecule has 0 aromatic heterocycles. The van der Waals surface area contributed by atoms with E-state index in [1.165, 1.54) is 4.90 Å². The number of nitrogens with one attached hydrogen (secondary N) is 1. The molecule has 0 aromatic carbocycles. The minimum Gasteiger partial charge on any atom is -0.480 e. The van der Waals surface area contributed by atoms with Crippen molar-refractivity contribution in [2.75, 3.05) is 31.3 Å². The lowest BCUT2D eigenvalue weighted by Gasteiger charge is -2.33. The van der Waals surface area contributed by atoms with Crippen LogP contribution in [0.1, 0.15) is 6.42 Å². The molecule has 2 rings (SSSR count). The molecule has 7 heteroatoms. The van der Waals surface area contributed by atoms with E-state index in [9.17, 15) is 9.59 Å². The molecule has 2 unspecified atom stereocenters. The average Bonchev–Trinajstić information content (AvgIpc) is 2.81. The molecule has 0 bridgehead atoms. The SMILES string of the molecule is O=C(O)C1CSCCN1C(=O)NC1CCOC1. The largest absolute Gasteiger partial charge is 0.480 e. The molecular formula is C10H16N2O4S. The van der Waals surface area contributed by atoms with Crippen molar-refractivity contribution in [3.8, 4) is 0 Å². The highest BCUT2D eigenvalue weighted by molar-refractivity contribution is 7.99. The van der Waals surface area contributed by atoms with Crippen LogP contribution in [0.5, 0.6) is 0 Å². The van der Waals surface area contributed by atoms with E-state index in [0.29, 0.717) is 25.5 Å². The number of thioether (sulfide) groups is 1. The lowest BCUT2D eigenvalue weighted by molar-refractivity contribution is -0.141. The molecule has 0 aromatic rings. The monoisotopic (exact) mass is 260 g/mol. The van der Waals surface area contributed by atoms with Crippen LogP contribution in [0.3, 0.4) is 0 Å². The standard InChI is InChI=1S/C10H16N2O4S/c13-9(14)8-6-17-4-2-12(8)10(15)11-7-1-3-16-5-7/h7-8H,1-6H2,(H,11,15)(H,13,14). The van der Waals surface area contributed by atoms with E-state index in [0.717, 1.165) is 12.2 Å². The second-order valence-electron chi connectivity index (χ2n) is 4.13. The van der Waals surface area contributed by atoms with E-state index in [-0.39, 0.29) is 12.1 Å². The Morgan fingerprint density at radius 1 is 1.47 bits per heavy atom. The van der Waals surface area contributed by atoms with Gasteiger partial charge in [-0.15, -0.1) is 0 Å². The maximum absolute atomic E-state index is 12.0. The molecule has 2 amide bonds. The first-order valence-electron chi connectivity index (χ1n) is 5.64. The number of aliphatic carboxylic acids is 1. The Morgan fingerprint density at radius 2 is 2.29 bits per heavy atom. The summed E-state index contributed by atoms with van der Waals surface area (Å²) in [7, 11) is 0. The molecule has 2 heterocycles. The van der Waals surface area contributed by atoms with Gasteiger partial charge in [0.1, 0.15) is 6.04 Å². The zero-order valence-corrected chi connectivity index (χ0v) is 10.2. The normalized spacial score (nSPS) is 29.1. The number of carboxylic acids is 1.